The summed E-state index contributed by atoms with van der Waals surface area (Å²) >= 11 is 0. The maximum Gasteiger partial charge on any atom is 0.118 e. The van der Waals surface area contributed by atoms with Gasteiger partial charge in [-0.05, 0) is 38.1 Å². The molecule has 2 nitrogen and oxygen atoms in total. The predicted octanol–water partition coefficient (Wildman–Crippen LogP) is 5.92. The standard InChI is InChI=1S/C8H7N.C8H10O.2C2H6/c1-7-2-4-8(6-9)5-3-7;1-7-3-5-8(9-2)6-4-7;2*1-2/h2-5H,1H3;3-6H,1-2H3;2*1-2H3. The first kappa shape index (κ1) is 22.0. The molecule has 2 aromatic rings. The average molecular weight is 299 g/mol. The third-order valence-corrected chi connectivity index (χ3v) is 2.44. The molecule has 0 aliphatic carbocycles. The van der Waals surface area contributed by atoms with E-state index in [1.54, 1.807) is 7.11 Å². The number of aryl methyl sites for hydroxylation is 2. The Balaban J connectivity index is 0. The molecule has 0 aromatic heterocycles. The predicted molar refractivity (Wildman–Crippen MR) is 96.3 cm³/mol. The van der Waals surface area contributed by atoms with Crippen LogP contribution in [-0.4, -0.2) is 7.11 Å². The Hall–Kier alpha value is -2.27. The van der Waals surface area contributed by atoms with E-state index in [0.29, 0.717) is 0 Å². The van der Waals surface area contributed by atoms with Crippen LogP contribution in [0.15, 0.2) is 48.5 Å². The van der Waals surface area contributed by atoms with Gasteiger partial charge in [-0.15, -0.1) is 0 Å². The van der Waals surface area contributed by atoms with Crippen LogP contribution in [0.2, 0.25) is 0 Å². The Bertz CT molecular complexity index is 507. The van der Waals surface area contributed by atoms with Gasteiger partial charge in [-0.2, -0.15) is 5.26 Å². The van der Waals surface area contributed by atoms with Crippen LogP contribution in [0.25, 0.3) is 0 Å². The summed E-state index contributed by atoms with van der Waals surface area (Å²) in [4.78, 5) is 0. The number of hydrogen-bond donors (Lipinski definition) is 0. The van der Waals surface area contributed by atoms with Crippen LogP contribution in [0.3, 0.4) is 0 Å². The van der Waals surface area contributed by atoms with Gasteiger partial charge in [0, 0.05) is 0 Å². The Labute approximate surface area is 136 Å². The van der Waals surface area contributed by atoms with Crippen molar-refractivity contribution in [3.8, 4) is 11.8 Å². The van der Waals surface area contributed by atoms with Crippen molar-refractivity contribution in [2.45, 2.75) is 41.5 Å². The van der Waals surface area contributed by atoms with Gasteiger partial charge in [0.1, 0.15) is 5.75 Å². The third-order valence-electron chi connectivity index (χ3n) is 2.44. The van der Waals surface area contributed by atoms with Crippen molar-refractivity contribution >= 4 is 0 Å². The second-order valence-corrected chi connectivity index (χ2v) is 4.00. The molecular weight excluding hydrogens is 270 g/mol. The number of ether oxygens (including phenoxy) is 1. The first-order valence-corrected chi connectivity index (χ1v) is 7.73. The molecule has 0 fully saturated rings. The first-order valence-electron chi connectivity index (χ1n) is 7.73. The van der Waals surface area contributed by atoms with Crippen LogP contribution < -0.4 is 4.74 Å². The number of rotatable bonds is 1. The zero-order chi connectivity index (χ0) is 17.4. The van der Waals surface area contributed by atoms with Crippen LogP contribution in [-0.2, 0) is 0 Å². The van der Waals surface area contributed by atoms with Crippen LogP contribution >= 0.6 is 0 Å². The van der Waals surface area contributed by atoms with E-state index in [0.717, 1.165) is 11.3 Å². The number of methoxy groups -OCH3 is 1. The van der Waals surface area contributed by atoms with Gasteiger partial charge in [-0.25, -0.2) is 0 Å². The molecule has 0 bridgehead atoms. The van der Waals surface area contributed by atoms with Crippen LogP contribution in [0.5, 0.6) is 5.75 Å². The largest absolute Gasteiger partial charge is 0.497 e. The van der Waals surface area contributed by atoms with Crippen molar-refractivity contribution in [3.05, 3.63) is 65.2 Å². The maximum atomic E-state index is 8.38. The Morgan fingerprint density at radius 1 is 0.727 bits per heavy atom. The highest BCUT2D eigenvalue weighted by molar-refractivity contribution is 5.30. The fourth-order valence-electron chi connectivity index (χ4n) is 1.30. The molecule has 0 aliphatic rings. The second kappa shape index (κ2) is 15.1. The summed E-state index contributed by atoms with van der Waals surface area (Å²) in [5.74, 6) is 0.917. The normalized spacial score (nSPS) is 7.73. The minimum atomic E-state index is 0.723. The van der Waals surface area contributed by atoms with E-state index < -0.39 is 0 Å². The number of hydrogen-bond acceptors (Lipinski definition) is 2. The second-order valence-electron chi connectivity index (χ2n) is 4.00. The van der Waals surface area contributed by atoms with Crippen molar-refractivity contribution in [2.24, 2.45) is 0 Å². The summed E-state index contributed by atoms with van der Waals surface area (Å²) in [6.07, 6.45) is 0. The molecule has 0 aliphatic heterocycles. The highest BCUT2D eigenvalue weighted by Gasteiger charge is 1.86. The summed E-state index contributed by atoms with van der Waals surface area (Å²) in [5, 5.41) is 8.38. The monoisotopic (exact) mass is 299 g/mol. The molecule has 2 heteroatoms. The molecule has 22 heavy (non-hydrogen) atoms. The van der Waals surface area contributed by atoms with Gasteiger partial charge in [0.2, 0.25) is 0 Å². The van der Waals surface area contributed by atoms with Crippen molar-refractivity contribution in [3.63, 3.8) is 0 Å². The van der Waals surface area contributed by atoms with Gasteiger partial charge < -0.3 is 4.74 Å². The molecule has 0 N–H and O–H groups in total. The number of nitrogens with zero attached hydrogens (tertiary/aromatic N) is 1. The number of benzene rings is 2. The smallest absolute Gasteiger partial charge is 0.118 e. The molecule has 0 heterocycles. The molecule has 0 atom stereocenters. The molecule has 0 spiro atoms. The Kier molecular flexibility index (Phi) is 15.1. The average Bonchev–Trinajstić information content (AvgIpc) is 2.60. The van der Waals surface area contributed by atoms with Crippen molar-refractivity contribution in [2.75, 3.05) is 7.11 Å². The van der Waals surface area contributed by atoms with Gasteiger partial charge >= 0.3 is 0 Å². The summed E-state index contributed by atoms with van der Waals surface area (Å²) < 4.78 is 4.97. The molecule has 0 unspecified atom stereocenters. The lowest BCUT2D eigenvalue weighted by atomic mass is 10.2. The minimum absolute atomic E-state index is 0.723. The molecule has 0 radical (unpaired) electrons. The molecule has 0 amide bonds. The topological polar surface area (TPSA) is 33.0 Å². The fraction of sp³-hybridized carbons (Fsp3) is 0.350. The van der Waals surface area contributed by atoms with Crippen molar-refractivity contribution < 1.29 is 4.74 Å². The lowest BCUT2D eigenvalue weighted by Gasteiger charge is -1.97. The maximum absolute atomic E-state index is 8.38. The van der Waals surface area contributed by atoms with Crippen LogP contribution in [0.4, 0.5) is 0 Å². The molecule has 2 aromatic carbocycles. The molecule has 0 saturated heterocycles. The van der Waals surface area contributed by atoms with E-state index in [4.69, 9.17) is 10.00 Å². The fourth-order valence-corrected chi connectivity index (χ4v) is 1.30. The van der Waals surface area contributed by atoms with Gasteiger partial charge in [-0.3, -0.25) is 0 Å². The van der Waals surface area contributed by atoms with Gasteiger partial charge in [-0.1, -0.05) is 63.1 Å². The molecule has 0 saturated carbocycles. The Morgan fingerprint density at radius 2 is 1.09 bits per heavy atom. The van der Waals surface area contributed by atoms with Crippen LogP contribution in [0.1, 0.15) is 44.4 Å². The molecular formula is C20H29NO. The minimum Gasteiger partial charge on any atom is -0.497 e. The molecule has 120 valence electrons. The zero-order valence-corrected chi connectivity index (χ0v) is 15.0. The zero-order valence-electron chi connectivity index (χ0n) is 15.0. The first-order chi connectivity index (χ1) is 10.7. The highest BCUT2D eigenvalue weighted by atomic mass is 16.5. The SMILES string of the molecule is CC.CC.COc1ccc(C)cc1.Cc1ccc(C#N)cc1. The number of nitriles is 1. The summed E-state index contributed by atoms with van der Waals surface area (Å²) in [5.41, 5.74) is 3.17. The van der Waals surface area contributed by atoms with Gasteiger partial charge in [0.05, 0.1) is 18.7 Å². The van der Waals surface area contributed by atoms with E-state index in [1.807, 2.05) is 83.1 Å². The lowest BCUT2D eigenvalue weighted by molar-refractivity contribution is 0.414. The summed E-state index contributed by atoms with van der Waals surface area (Å²) in [6.45, 7) is 12.1. The van der Waals surface area contributed by atoms with E-state index >= 15 is 0 Å². The van der Waals surface area contributed by atoms with Crippen LogP contribution in [0, 0.1) is 25.2 Å². The van der Waals surface area contributed by atoms with Gasteiger partial charge in [0.15, 0.2) is 0 Å². The molecule has 2 rings (SSSR count). The highest BCUT2D eigenvalue weighted by Crippen LogP contribution is 2.09. The van der Waals surface area contributed by atoms with Gasteiger partial charge in [0.25, 0.3) is 0 Å². The van der Waals surface area contributed by atoms with Crippen molar-refractivity contribution in [1.82, 2.24) is 0 Å². The summed E-state index contributed by atoms with van der Waals surface area (Å²) in [7, 11) is 1.67. The Morgan fingerprint density at radius 3 is 1.41 bits per heavy atom. The van der Waals surface area contributed by atoms with E-state index in [9.17, 15) is 0 Å². The lowest BCUT2D eigenvalue weighted by Crippen LogP contribution is -1.80. The van der Waals surface area contributed by atoms with E-state index in [1.165, 1.54) is 11.1 Å². The third kappa shape index (κ3) is 10.5. The van der Waals surface area contributed by atoms with Crippen molar-refractivity contribution in [1.29, 1.82) is 5.26 Å². The summed E-state index contributed by atoms with van der Waals surface area (Å²) in [6, 6.07) is 17.5. The quantitative estimate of drug-likeness (QED) is 0.654. The van der Waals surface area contributed by atoms with E-state index in [-0.39, 0.29) is 0 Å². The van der Waals surface area contributed by atoms with E-state index in [2.05, 4.69) is 13.0 Å².